The summed E-state index contributed by atoms with van der Waals surface area (Å²) >= 11 is 0. The number of rotatable bonds is 4. The number of carbonyl (C=O) groups excluding carboxylic acids is 2. The number of aliphatic hydroxyl groups is 1. The maximum Gasteiger partial charge on any atom is 0.293 e. The van der Waals surface area contributed by atoms with Gasteiger partial charge in [0.15, 0.2) is 0 Å². The Labute approximate surface area is 144 Å². The molecule has 1 aliphatic rings. The third-order valence-corrected chi connectivity index (χ3v) is 4.08. The minimum atomic E-state index is -0.742. The van der Waals surface area contributed by atoms with Crippen LogP contribution < -0.4 is 14.8 Å². The molecule has 2 N–H and O–H groups in total. The zero-order valence-electron chi connectivity index (χ0n) is 13.8. The summed E-state index contributed by atoms with van der Waals surface area (Å²) in [6.45, 7) is 0. The average molecular weight is 339 g/mol. The first-order valence-corrected chi connectivity index (χ1v) is 7.62. The van der Waals surface area contributed by atoms with E-state index < -0.39 is 17.7 Å². The quantitative estimate of drug-likeness (QED) is 0.508. The summed E-state index contributed by atoms with van der Waals surface area (Å²) in [7, 11) is 3.09. The molecule has 6 heteroatoms. The molecule has 1 heterocycles. The lowest BCUT2D eigenvalue weighted by Gasteiger charge is -2.14. The van der Waals surface area contributed by atoms with E-state index in [2.05, 4.69) is 5.32 Å². The van der Waals surface area contributed by atoms with E-state index >= 15 is 0 Å². The molecule has 0 saturated carbocycles. The van der Waals surface area contributed by atoms with Crippen LogP contribution in [0.1, 0.15) is 17.2 Å². The Morgan fingerprint density at radius 3 is 1.96 bits per heavy atom. The molecule has 0 aliphatic carbocycles. The lowest BCUT2D eigenvalue weighted by Crippen LogP contribution is -2.21. The van der Waals surface area contributed by atoms with Crippen molar-refractivity contribution in [3.8, 4) is 11.5 Å². The molecule has 2 aromatic carbocycles. The zero-order chi connectivity index (χ0) is 18.0. The number of benzene rings is 2. The maximum absolute atomic E-state index is 12.3. The van der Waals surface area contributed by atoms with Gasteiger partial charge in [-0.25, -0.2) is 0 Å². The molecule has 1 amide bonds. The van der Waals surface area contributed by atoms with E-state index in [0.29, 0.717) is 22.6 Å². The summed E-state index contributed by atoms with van der Waals surface area (Å²) in [6, 6.07) is 12.8. The summed E-state index contributed by atoms with van der Waals surface area (Å²) in [4.78, 5) is 24.1. The standard InChI is InChI=1S/C19H17NO5/c1-24-13-7-3-11(4-8-13)16-15(18(22)19(23)20-16)17(21)12-5-9-14(25-2)10-6-12/h3-10,16,21H,1-2H3,(H,20,23)/b17-15-. The number of ketones is 1. The SMILES string of the molecule is COc1ccc(/C(O)=C2/C(=O)C(=O)NC2c2ccc(OC)cc2)cc1. The molecular formula is C19H17NO5. The van der Waals surface area contributed by atoms with Crippen LogP contribution in [0.15, 0.2) is 54.1 Å². The molecule has 0 spiro atoms. The van der Waals surface area contributed by atoms with E-state index in [1.807, 2.05) is 0 Å². The first-order chi connectivity index (χ1) is 12.0. The van der Waals surface area contributed by atoms with E-state index in [1.165, 1.54) is 7.11 Å². The summed E-state index contributed by atoms with van der Waals surface area (Å²) < 4.78 is 10.2. The van der Waals surface area contributed by atoms with Gasteiger partial charge in [-0.2, -0.15) is 0 Å². The van der Waals surface area contributed by atoms with Gasteiger partial charge < -0.3 is 19.9 Å². The van der Waals surface area contributed by atoms with Crippen LogP contribution in [0.2, 0.25) is 0 Å². The Kier molecular flexibility index (Phi) is 4.43. The zero-order valence-corrected chi connectivity index (χ0v) is 13.8. The highest BCUT2D eigenvalue weighted by Gasteiger charge is 2.39. The van der Waals surface area contributed by atoms with Crippen LogP contribution in [0.3, 0.4) is 0 Å². The fourth-order valence-corrected chi connectivity index (χ4v) is 2.72. The highest BCUT2D eigenvalue weighted by molar-refractivity contribution is 6.46. The molecule has 0 bridgehead atoms. The highest BCUT2D eigenvalue weighted by Crippen LogP contribution is 2.33. The van der Waals surface area contributed by atoms with Gasteiger partial charge in [0, 0.05) is 5.56 Å². The van der Waals surface area contributed by atoms with Gasteiger partial charge in [0.2, 0.25) is 0 Å². The van der Waals surface area contributed by atoms with E-state index in [4.69, 9.17) is 9.47 Å². The third-order valence-electron chi connectivity index (χ3n) is 4.08. The molecule has 3 rings (SSSR count). The summed E-state index contributed by atoms with van der Waals surface area (Å²) in [5, 5.41) is 13.2. The van der Waals surface area contributed by atoms with Crippen LogP contribution in [-0.2, 0) is 9.59 Å². The average Bonchev–Trinajstić information content (AvgIpc) is 2.96. The van der Waals surface area contributed by atoms with E-state index in [0.717, 1.165) is 0 Å². The van der Waals surface area contributed by atoms with Gasteiger partial charge in [-0.3, -0.25) is 9.59 Å². The lowest BCUT2D eigenvalue weighted by molar-refractivity contribution is -0.133. The van der Waals surface area contributed by atoms with Crippen molar-refractivity contribution in [3.63, 3.8) is 0 Å². The summed E-state index contributed by atoms with van der Waals surface area (Å²) in [5.41, 5.74) is 1.13. The minimum Gasteiger partial charge on any atom is -0.507 e. The van der Waals surface area contributed by atoms with E-state index in [-0.39, 0.29) is 11.3 Å². The van der Waals surface area contributed by atoms with Crippen molar-refractivity contribution >= 4 is 17.4 Å². The summed E-state index contributed by atoms with van der Waals surface area (Å²) in [6.07, 6.45) is 0. The van der Waals surface area contributed by atoms with Crippen LogP contribution in [0.4, 0.5) is 0 Å². The first-order valence-electron chi connectivity index (χ1n) is 7.62. The Hall–Kier alpha value is -3.28. The Morgan fingerprint density at radius 1 is 0.920 bits per heavy atom. The number of amides is 1. The maximum atomic E-state index is 12.3. The molecule has 1 fully saturated rings. The molecule has 6 nitrogen and oxygen atoms in total. The van der Waals surface area contributed by atoms with Crippen LogP contribution in [0, 0.1) is 0 Å². The van der Waals surface area contributed by atoms with Crippen molar-refractivity contribution in [2.24, 2.45) is 0 Å². The fourth-order valence-electron chi connectivity index (χ4n) is 2.72. The lowest BCUT2D eigenvalue weighted by atomic mass is 9.96. The van der Waals surface area contributed by atoms with Crippen LogP contribution >= 0.6 is 0 Å². The number of hydrogen-bond donors (Lipinski definition) is 2. The van der Waals surface area contributed by atoms with Gasteiger partial charge in [0.1, 0.15) is 17.3 Å². The van der Waals surface area contributed by atoms with Crippen LogP contribution in [0.5, 0.6) is 11.5 Å². The van der Waals surface area contributed by atoms with Crippen molar-refractivity contribution in [1.82, 2.24) is 5.32 Å². The van der Waals surface area contributed by atoms with Gasteiger partial charge in [-0.1, -0.05) is 12.1 Å². The van der Waals surface area contributed by atoms with E-state index in [9.17, 15) is 14.7 Å². The predicted molar refractivity (Wildman–Crippen MR) is 91.4 cm³/mol. The van der Waals surface area contributed by atoms with Gasteiger partial charge in [0.05, 0.1) is 25.8 Å². The third kappa shape index (κ3) is 3.06. The molecule has 25 heavy (non-hydrogen) atoms. The van der Waals surface area contributed by atoms with Gasteiger partial charge in [-0.05, 0) is 42.0 Å². The number of ether oxygens (including phenoxy) is 2. The predicted octanol–water partition coefficient (Wildman–Crippen LogP) is 2.41. The first kappa shape index (κ1) is 16.6. The number of hydrogen-bond acceptors (Lipinski definition) is 5. The Morgan fingerprint density at radius 2 is 1.44 bits per heavy atom. The molecule has 0 radical (unpaired) electrons. The number of aliphatic hydroxyl groups excluding tert-OH is 1. The molecular weight excluding hydrogens is 322 g/mol. The number of Topliss-reactive ketones (excluding diaryl/α,β-unsaturated/α-hetero) is 1. The minimum absolute atomic E-state index is 0.0281. The topological polar surface area (TPSA) is 84.9 Å². The van der Waals surface area contributed by atoms with Crippen molar-refractivity contribution in [2.75, 3.05) is 14.2 Å². The van der Waals surface area contributed by atoms with Crippen molar-refractivity contribution in [2.45, 2.75) is 6.04 Å². The Bertz CT molecular complexity index is 837. The van der Waals surface area contributed by atoms with Crippen molar-refractivity contribution < 1.29 is 24.2 Å². The Balaban J connectivity index is 2.04. The van der Waals surface area contributed by atoms with Crippen LogP contribution in [0.25, 0.3) is 5.76 Å². The monoisotopic (exact) mass is 339 g/mol. The molecule has 1 saturated heterocycles. The second-order valence-corrected chi connectivity index (χ2v) is 5.50. The molecule has 2 aromatic rings. The largest absolute Gasteiger partial charge is 0.507 e. The highest BCUT2D eigenvalue weighted by atomic mass is 16.5. The second-order valence-electron chi connectivity index (χ2n) is 5.50. The molecule has 0 aromatic heterocycles. The normalized spacial score (nSPS) is 18.7. The molecule has 1 unspecified atom stereocenters. The van der Waals surface area contributed by atoms with Crippen molar-refractivity contribution in [3.05, 3.63) is 65.2 Å². The number of carbonyl (C=O) groups is 2. The molecule has 1 atom stereocenters. The van der Waals surface area contributed by atoms with Gasteiger partial charge in [-0.15, -0.1) is 0 Å². The molecule has 128 valence electrons. The van der Waals surface area contributed by atoms with Gasteiger partial charge in [0.25, 0.3) is 11.7 Å². The van der Waals surface area contributed by atoms with Crippen LogP contribution in [-0.4, -0.2) is 31.0 Å². The summed E-state index contributed by atoms with van der Waals surface area (Å²) in [5.74, 6) is -0.429. The second kappa shape index (κ2) is 6.68. The number of nitrogens with one attached hydrogen (secondary N) is 1. The van der Waals surface area contributed by atoms with E-state index in [1.54, 1.807) is 55.6 Å². The fraction of sp³-hybridized carbons (Fsp3) is 0.158. The molecule has 1 aliphatic heterocycles. The smallest absolute Gasteiger partial charge is 0.293 e. The number of methoxy groups -OCH3 is 2. The van der Waals surface area contributed by atoms with Gasteiger partial charge >= 0.3 is 0 Å². The van der Waals surface area contributed by atoms with Crippen molar-refractivity contribution in [1.29, 1.82) is 0 Å².